The summed E-state index contributed by atoms with van der Waals surface area (Å²) in [4.78, 5) is 16.6. The predicted molar refractivity (Wildman–Crippen MR) is 98.7 cm³/mol. The van der Waals surface area contributed by atoms with Crippen molar-refractivity contribution in [2.75, 3.05) is 7.11 Å². The number of rotatable bonds is 3. The summed E-state index contributed by atoms with van der Waals surface area (Å²) in [5, 5.41) is 7.31. The Morgan fingerprint density at radius 1 is 1.21 bits per heavy atom. The van der Waals surface area contributed by atoms with Gasteiger partial charge in [-0.2, -0.15) is 18.3 Å². The highest BCUT2D eigenvalue weighted by Gasteiger charge is 2.30. The van der Waals surface area contributed by atoms with Crippen molar-refractivity contribution >= 4 is 33.4 Å². The lowest BCUT2D eigenvalue weighted by molar-refractivity contribution is -0.140. The third-order valence-electron chi connectivity index (χ3n) is 4.36. The van der Waals surface area contributed by atoms with Gasteiger partial charge in [-0.15, -0.1) is 0 Å². The Morgan fingerprint density at radius 2 is 2.00 bits per heavy atom. The van der Waals surface area contributed by atoms with Crippen LogP contribution < -0.4 is 10.3 Å². The zero-order valence-electron chi connectivity index (χ0n) is 14.3. The monoisotopic (exact) mass is 408 g/mol. The van der Waals surface area contributed by atoms with Gasteiger partial charge in [0, 0.05) is 17.0 Å². The van der Waals surface area contributed by atoms with Gasteiger partial charge in [0.25, 0.3) is 5.56 Å². The number of halogens is 4. The Labute approximate surface area is 160 Å². The average Bonchev–Trinajstić information content (AvgIpc) is 3.14. The average molecular weight is 409 g/mol. The van der Waals surface area contributed by atoms with Gasteiger partial charge in [0.1, 0.15) is 6.54 Å². The minimum atomic E-state index is -4.57. The molecule has 0 fully saturated rings. The van der Waals surface area contributed by atoms with Crippen LogP contribution in [-0.4, -0.2) is 33.0 Å². The van der Waals surface area contributed by atoms with Crippen molar-refractivity contribution in [3.63, 3.8) is 0 Å². The molecule has 0 aliphatic heterocycles. The number of hydrogen-bond acceptors (Lipinski definition) is 4. The van der Waals surface area contributed by atoms with Crippen molar-refractivity contribution in [3.05, 3.63) is 52.0 Å². The zero-order valence-corrected chi connectivity index (χ0v) is 15.1. The molecule has 28 heavy (non-hydrogen) atoms. The fraction of sp³-hybridized carbons (Fsp3) is 0.167. The lowest BCUT2D eigenvalue weighted by atomic mass is 10.0. The number of H-pyrrole nitrogens is 1. The maximum Gasteiger partial charge on any atom is 0.406 e. The molecule has 0 radical (unpaired) electrons. The molecule has 4 rings (SSSR count). The summed E-state index contributed by atoms with van der Waals surface area (Å²) in [7, 11) is 1.44. The fourth-order valence-corrected chi connectivity index (χ4v) is 3.34. The minimum Gasteiger partial charge on any atom is -0.481 e. The third kappa shape index (κ3) is 3.07. The maximum atomic E-state index is 13.1. The first-order valence-corrected chi connectivity index (χ1v) is 8.42. The number of pyridine rings is 2. The second kappa shape index (κ2) is 6.52. The second-order valence-electron chi connectivity index (χ2n) is 6.10. The summed E-state index contributed by atoms with van der Waals surface area (Å²) in [6, 6.07) is 6.39. The molecule has 144 valence electrons. The van der Waals surface area contributed by atoms with E-state index in [-0.39, 0.29) is 10.9 Å². The number of nitrogens with zero attached hydrogens (tertiary/aromatic N) is 3. The van der Waals surface area contributed by atoms with Gasteiger partial charge in [-0.1, -0.05) is 23.7 Å². The molecule has 3 aromatic heterocycles. The molecule has 1 aromatic carbocycles. The molecule has 0 aliphatic carbocycles. The molecule has 1 N–H and O–H groups in total. The smallest absolute Gasteiger partial charge is 0.406 e. The van der Waals surface area contributed by atoms with E-state index >= 15 is 0 Å². The molecule has 0 atom stereocenters. The Balaban J connectivity index is 2.05. The molecule has 4 aromatic rings. The summed E-state index contributed by atoms with van der Waals surface area (Å²) in [5.74, 6) is 0.302. The number of methoxy groups -OCH3 is 1. The fourth-order valence-electron chi connectivity index (χ4n) is 3.13. The number of benzene rings is 1. The Kier molecular flexibility index (Phi) is 4.26. The van der Waals surface area contributed by atoms with E-state index in [1.54, 1.807) is 18.2 Å². The number of aromatic nitrogens is 4. The van der Waals surface area contributed by atoms with Gasteiger partial charge < -0.3 is 4.74 Å². The summed E-state index contributed by atoms with van der Waals surface area (Å²) < 4.78 is 45.2. The second-order valence-corrected chi connectivity index (χ2v) is 6.51. The molecule has 0 amide bonds. The molecular formula is C18H12ClF3N4O2. The number of aromatic amines is 1. The molecule has 0 aliphatic rings. The first-order valence-electron chi connectivity index (χ1n) is 8.05. The van der Waals surface area contributed by atoms with E-state index in [1.165, 1.54) is 25.6 Å². The Morgan fingerprint density at radius 3 is 2.71 bits per heavy atom. The van der Waals surface area contributed by atoms with Crippen molar-refractivity contribution in [2.45, 2.75) is 12.7 Å². The predicted octanol–water partition coefficient (Wildman–Crippen LogP) is 4.16. The zero-order chi connectivity index (χ0) is 20.1. The van der Waals surface area contributed by atoms with Crippen LogP contribution in [-0.2, 0) is 6.54 Å². The largest absolute Gasteiger partial charge is 0.481 e. The van der Waals surface area contributed by atoms with E-state index in [1.807, 2.05) is 0 Å². The van der Waals surface area contributed by atoms with Gasteiger partial charge in [0.2, 0.25) is 5.88 Å². The van der Waals surface area contributed by atoms with E-state index in [0.29, 0.717) is 37.5 Å². The lowest BCUT2D eigenvalue weighted by Crippen LogP contribution is -2.28. The molecule has 0 unspecified atom stereocenters. The number of hydrogen-bond donors (Lipinski definition) is 1. The van der Waals surface area contributed by atoms with Gasteiger partial charge >= 0.3 is 6.18 Å². The number of ether oxygens (including phenoxy) is 1. The SMILES string of the molecule is COc1cc(-c2ccc3c4[nH]ncc4c(=O)n(CC(F)(F)F)c3c2)c(Cl)cn1. The molecule has 0 spiro atoms. The normalized spacial score (nSPS) is 12.0. The van der Waals surface area contributed by atoms with Crippen LogP contribution in [0.3, 0.4) is 0 Å². The van der Waals surface area contributed by atoms with Crippen molar-refractivity contribution in [1.29, 1.82) is 0 Å². The van der Waals surface area contributed by atoms with Crippen LogP contribution in [0.1, 0.15) is 0 Å². The molecule has 0 bridgehead atoms. The molecule has 3 heterocycles. The highest BCUT2D eigenvalue weighted by atomic mass is 35.5. The van der Waals surface area contributed by atoms with Crippen LogP contribution in [0.2, 0.25) is 5.02 Å². The molecular weight excluding hydrogens is 397 g/mol. The number of alkyl halides is 3. The van der Waals surface area contributed by atoms with E-state index < -0.39 is 18.3 Å². The molecule has 0 saturated carbocycles. The van der Waals surface area contributed by atoms with Gasteiger partial charge in [-0.3, -0.25) is 14.5 Å². The molecule has 6 nitrogen and oxygen atoms in total. The number of nitrogens with one attached hydrogen (secondary N) is 1. The molecule has 10 heteroatoms. The summed E-state index contributed by atoms with van der Waals surface area (Å²) in [6.45, 7) is -1.42. The first kappa shape index (κ1) is 18.3. The number of fused-ring (bicyclic) bond motifs is 3. The van der Waals surface area contributed by atoms with Crippen LogP contribution >= 0.6 is 11.6 Å². The van der Waals surface area contributed by atoms with Gasteiger partial charge in [0.15, 0.2) is 0 Å². The lowest BCUT2D eigenvalue weighted by Gasteiger charge is -2.15. The van der Waals surface area contributed by atoms with Crippen LogP contribution in [0.5, 0.6) is 5.88 Å². The Bertz CT molecular complexity index is 1260. The minimum absolute atomic E-state index is 0.0908. The van der Waals surface area contributed by atoms with Gasteiger partial charge in [-0.05, 0) is 11.6 Å². The van der Waals surface area contributed by atoms with Crippen LogP contribution in [0.15, 0.2) is 41.5 Å². The summed E-state index contributed by atoms with van der Waals surface area (Å²) in [5.41, 5.74) is 0.759. The van der Waals surface area contributed by atoms with Crippen LogP contribution in [0.4, 0.5) is 13.2 Å². The van der Waals surface area contributed by atoms with E-state index in [9.17, 15) is 18.0 Å². The maximum absolute atomic E-state index is 13.1. The van der Waals surface area contributed by atoms with Crippen molar-refractivity contribution in [1.82, 2.24) is 19.7 Å². The molecule has 0 saturated heterocycles. The van der Waals surface area contributed by atoms with Crippen molar-refractivity contribution in [2.24, 2.45) is 0 Å². The summed E-state index contributed by atoms with van der Waals surface area (Å²) >= 11 is 6.21. The van der Waals surface area contributed by atoms with Gasteiger partial charge in [0.05, 0.1) is 40.9 Å². The van der Waals surface area contributed by atoms with Crippen LogP contribution in [0.25, 0.3) is 32.9 Å². The van der Waals surface area contributed by atoms with E-state index in [4.69, 9.17) is 16.3 Å². The van der Waals surface area contributed by atoms with E-state index in [0.717, 1.165) is 0 Å². The highest BCUT2D eigenvalue weighted by molar-refractivity contribution is 6.33. The van der Waals surface area contributed by atoms with Crippen LogP contribution in [0, 0.1) is 0 Å². The highest BCUT2D eigenvalue weighted by Crippen LogP contribution is 2.33. The topological polar surface area (TPSA) is 72.8 Å². The summed E-state index contributed by atoms with van der Waals surface area (Å²) in [6.07, 6.45) is -1.95. The van der Waals surface area contributed by atoms with E-state index in [2.05, 4.69) is 15.2 Å². The van der Waals surface area contributed by atoms with Crippen molar-refractivity contribution in [3.8, 4) is 17.0 Å². The first-order chi connectivity index (χ1) is 13.3. The Hall–Kier alpha value is -3.07. The van der Waals surface area contributed by atoms with Crippen molar-refractivity contribution < 1.29 is 17.9 Å². The standard InChI is InChI=1S/C18H12ClF3N4O2/c1-28-15-5-11(13(19)7-23-15)9-2-3-10-14(4-9)26(8-18(20,21)22)17(27)12-6-24-25-16(10)12/h2-7H,8H2,1H3,(H,24,25). The third-order valence-corrected chi connectivity index (χ3v) is 4.66. The van der Waals surface area contributed by atoms with Gasteiger partial charge in [-0.25, -0.2) is 4.98 Å². The quantitative estimate of drug-likeness (QED) is 0.552.